The van der Waals surface area contributed by atoms with Gasteiger partial charge in [0.05, 0.1) is 18.2 Å². The normalized spacial score (nSPS) is 13.2. The maximum atomic E-state index is 13.6. The van der Waals surface area contributed by atoms with Crippen LogP contribution in [0.4, 0.5) is 9.18 Å². The fraction of sp³-hybridized carbons (Fsp3) is 0.200. The summed E-state index contributed by atoms with van der Waals surface area (Å²) in [5.41, 5.74) is 0.630. The second-order valence-corrected chi connectivity index (χ2v) is 4.39. The lowest BCUT2D eigenvalue weighted by Gasteiger charge is -2.19. The Balaban J connectivity index is 2.01. The number of rotatable bonds is 3. The topological polar surface area (TPSA) is 53.3 Å². The Hall–Kier alpha value is -2.61. The predicted octanol–water partition coefficient (Wildman–Crippen LogP) is 2.76. The Labute approximate surface area is 116 Å². The SMILES string of the molecule is CN(Cc1cc(C#N)ccc1F)C(=O)OC1C=CC=C1. The molecule has 1 amide bonds. The standard InChI is InChI=1S/C15H13FN2O2/c1-18(15(19)20-13-4-2-3-5-13)10-12-8-11(9-17)6-7-14(12)16/h2-8,13H,10H2,1H3. The summed E-state index contributed by atoms with van der Waals surface area (Å²) in [6.45, 7) is 0.0420. The summed E-state index contributed by atoms with van der Waals surface area (Å²) in [5.74, 6) is -0.454. The van der Waals surface area contributed by atoms with Gasteiger partial charge in [-0.3, -0.25) is 0 Å². The smallest absolute Gasteiger partial charge is 0.410 e. The van der Waals surface area contributed by atoms with Crippen LogP contribution < -0.4 is 0 Å². The first-order valence-electron chi connectivity index (χ1n) is 6.05. The Morgan fingerprint density at radius 3 is 2.80 bits per heavy atom. The summed E-state index contributed by atoms with van der Waals surface area (Å²) < 4.78 is 18.8. The van der Waals surface area contributed by atoms with Crippen LogP contribution in [0.2, 0.25) is 0 Å². The Kier molecular flexibility index (Phi) is 4.16. The molecule has 5 heteroatoms. The quantitative estimate of drug-likeness (QED) is 0.850. The maximum Gasteiger partial charge on any atom is 0.410 e. The van der Waals surface area contributed by atoms with Gasteiger partial charge >= 0.3 is 6.09 Å². The molecule has 0 radical (unpaired) electrons. The van der Waals surface area contributed by atoms with Crippen LogP contribution in [0.15, 0.2) is 42.5 Å². The number of carbonyl (C=O) groups excluding carboxylic acids is 1. The highest BCUT2D eigenvalue weighted by Gasteiger charge is 2.16. The fourth-order valence-corrected chi connectivity index (χ4v) is 1.78. The van der Waals surface area contributed by atoms with Gasteiger partial charge in [-0.05, 0) is 30.4 Å². The van der Waals surface area contributed by atoms with Gasteiger partial charge in [0.25, 0.3) is 0 Å². The maximum absolute atomic E-state index is 13.6. The van der Waals surface area contributed by atoms with Crippen molar-refractivity contribution >= 4 is 6.09 Å². The van der Waals surface area contributed by atoms with E-state index in [1.54, 1.807) is 24.3 Å². The monoisotopic (exact) mass is 272 g/mol. The van der Waals surface area contributed by atoms with Crippen molar-refractivity contribution in [3.63, 3.8) is 0 Å². The number of hydrogen-bond donors (Lipinski definition) is 0. The molecule has 0 spiro atoms. The highest BCUT2D eigenvalue weighted by atomic mass is 19.1. The zero-order valence-electron chi connectivity index (χ0n) is 10.9. The lowest BCUT2D eigenvalue weighted by molar-refractivity contribution is 0.101. The van der Waals surface area contributed by atoms with Crippen molar-refractivity contribution in [2.75, 3.05) is 7.05 Å². The lowest BCUT2D eigenvalue weighted by Crippen LogP contribution is -2.29. The molecule has 0 fully saturated rings. The molecule has 0 aromatic heterocycles. The summed E-state index contributed by atoms with van der Waals surface area (Å²) in [7, 11) is 1.52. The van der Waals surface area contributed by atoms with Gasteiger partial charge in [-0.25, -0.2) is 9.18 Å². The number of hydrogen-bond acceptors (Lipinski definition) is 3. The summed E-state index contributed by atoms with van der Waals surface area (Å²) in [6.07, 6.45) is 6.13. The second kappa shape index (κ2) is 6.02. The van der Waals surface area contributed by atoms with Crippen LogP contribution in [0.3, 0.4) is 0 Å². The zero-order valence-corrected chi connectivity index (χ0v) is 10.9. The highest BCUT2D eigenvalue weighted by Crippen LogP contribution is 2.14. The number of nitrogens with zero attached hydrogens (tertiary/aromatic N) is 2. The largest absolute Gasteiger partial charge is 0.438 e. The molecule has 102 valence electrons. The number of allylic oxidation sites excluding steroid dienone is 2. The minimum atomic E-state index is -0.548. The van der Waals surface area contributed by atoms with Gasteiger partial charge in [-0.1, -0.05) is 12.2 Å². The third-order valence-corrected chi connectivity index (χ3v) is 2.84. The molecule has 0 N–H and O–H groups in total. The zero-order chi connectivity index (χ0) is 14.5. The number of benzene rings is 1. The predicted molar refractivity (Wildman–Crippen MR) is 71.1 cm³/mol. The fourth-order valence-electron chi connectivity index (χ4n) is 1.78. The molecule has 1 aliphatic carbocycles. The van der Waals surface area contributed by atoms with Crippen molar-refractivity contribution in [3.8, 4) is 6.07 Å². The first-order valence-corrected chi connectivity index (χ1v) is 6.05. The van der Waals surface area contributed by atoms with Gasteiger partial charge in [0, 0.05) is 12.6 Å². The number of carbonyl (C=O) groups is 1. The first-order chi connectivity index (χ1) is 9.60. The molecule has 1 aromatic rings. The first kappa shape index (κ1) is 13.8. The number of nitriles is 1. The van der Waals surface area contributed by atoms with Gasteiger partial charge in [0.15, 0.2) is 0 Å². The van der Waals surface area contributed by atoms with E-state index in [1.807, 2.05) is 6.07 Å². The number of ether oxygens (including phenoxy) is 1. The third-order valence-electron chi connectivity index (χ3n) is 2.84. The van der Waals surface area contributed by atoms with Crippen molar-refractivity contribution in [2.24, 2.45) is 0 Å². The molecule has 0 saturated carbocycles. The van der Waals surface area contributed by atoms with Crippen LogP contribution in [0, 0.1) is 17.1 Å². The van der Waals surface area contributed by atoms with Crippen molar-refractivity contribution in [1.82, 2.24) is 4.90 Å². The van der Waals surface area contributed by atoms with E-state index in [1.165, 1.54) is 30.1 Å². The average Bonchev–Trinajstić information content (AvgIpc) is 2.94. The third kappa shape index (κ3) is 3.23. The van der Waals surface area contributed by atoms with Crippen LogP contribution in [0.25, 0.3) is 0 Å². The van der Waals surface area contributed by atoms with E-state index < -0.39 is 11.9 Å². The summed E-state index contributed by atoms with van der Waals surface area (Å²) in [5, 5.41) is 8.79. The molecular weight excluding hydrogens is 259 g/mol. The van der Waals surface area contributed by atoms with Crippen molar-refractivity contribution < 1.29 is 13.9 Å². The average molecular weight is 272 g/mol. The van der Waals surface area contributed by atoms with E-state index in [0.29, 0.717) is 5.56 Å². The van der Waals surface area contributed by atoms with Crippen LogP contribution >= 0.6 is 0 Å². The molecule has 4 nitrogen and oxygen atoms in total. The van der Waals surface area contributed by atoms with Crippen molar-refractivity contribution in [2.45, 2.75) is 12.6 Å². The van der Waals surface area contributed by atoms with E-state index in [-0.39, 0.29) is 18.2 Å². The molecular formula is C15H13FN2O2. The van der Waals surface area contributed by atoms with Gasteiger partial charge < -0.3 is 9.64 Å². The lowest BCUT2D eigenvalue weighted by atomic mass is 10.1. The summed E-state index contributed by atoms with van der Waals surface area (Å²) >= 11 is 0. The Bertz CT molecular complexity index is 605. The number of amides is 1. The molecule has 1 aliphatic rings. The molecule has 0 atom stereocenters. The highest BCUT2D eigenvalue weighted by molar-refractivity contribution is 5.68. The molecule has 0 unspecified atom stereocenters. The molecule has 0 saturated heterocycles. The van der Waals surface area contributed by atoms with E-state index in [4.69, 9.17) is 10.00 Å². The molecule has 2 rings (SSSR count). The molecule has 1 aromatic carbocycles. The van der Waals surface area contributed by atoms with E-state index in [0.717, 1.165) is 0 Å². The Morgan fingerprint density at radius 1 is 1.45 bits per heavy atom. The number of halogens is 1. The minimum absolute atomic E-state index is 0.0420. The van der Waals surface area contributed by atoms with Gasteiger partial charge in [-0.15, -0.1) is 0 Å². The molecule has 0 heterocycles. The minimum Gasteiger partial charge on any atom is -0.438 e. The van der Waals surface area contributed by atoms with Gasteiger partial charge in [0.1, 0.15) is 11.9 Å². The van der Waals surface area contributed by atoms with Crippen LogP contribution in [-0.2, 0) is 11.3 Å². The second-order valence-electron chi connectivity index (χ2n) is 4.39. The molecule has 20 heavy (non-hydrogen) atoms. The molecule has 0 aliphatic heterocycles. The van der Waals surface area contributed by atoms with Gasteiger partial charge in [0.2, 0.25) is 0 Å². The van der Waals surface area contributed by atoms with Gasteiger partial charge in [-0.2, -0.15) is 5.26 Å². The van der Waals surface area contributed by atoms with Crippen LogP contribution in [0.5, 0.6) is 0 Å². The van der Waals surface area contributed by atoms with Crippen molar-refractivity contribution in [3.05, 3.63) is 59.4 Å². The van der Waals surface area contributed by atoms with E-state index in [2.05, 4.69) is 0 Å². The van der Waals surface area contributed by atoms with Crippen LogP contribution in [-0.4, -0.2) is 24.1 Å². The Morgan fingerprint density at radius 2 is 2.15 bits per heavy atom. The molecule has 0 bridgehead atoms. The summed E-state index contributed by atoms with van der Waals surface area (Å²) in [6, 6.07) is 5.97. The van der Waals surface area contributed by atoms with Crippen LogP contribution in [0.1, 0.15) is 11.1 Å². The van der Waals surface area contributed by atoms with E-state index in [9.17, 15) is 9.18 Å². The van der Waals surface area contributed by atoms with Crippen molar-refractivity contribution in [1.29, 1.82) is 5.26 Å². The summed E-state index contributed by atoms with van der Waals surface area (Å²) in [4.78, 5) is 13.1. The van der Waals surface area contributed by atoms with E-state index >= 15 is 0 Å².